The third-order valence-corrected chi connectivity index (χ3v) is 7.79. The van der Waals surface area contributed by atoms with Crippen LogP contribution in [-0.2, 0) is 33.3 Å². The van der Waals surface area contributed by atoms with E-state index in [4.69, 9.17) is 18.9 Å². The predicted molar refractivity (Wildman–Crippen MR) is 103 cm³/mol. The summed E-state index contributed by atoms with van der Waals surface area (Å²) in [5, 5.41) is 22.9. The molecule has 0 radical (unpaired) electrons. The fourth-order valence-electron chi connectivity index (χ4n) is 5.93. The lowest BCUT2D eigenvalue weighted by molar-refractivity contribution is -0.315. The van der Waals surface area contributed by atoms with E-state index in [1.54, 1.807) is 0 Å². The van der Waals surface area contributed by atoms with Crippen LogP contribution in [0, 0.1) is 0 Å². The Balaban J connectivity index is 1.89. The van der Waals surface area contributed by atoms with Crippen LogP contribution >= 0.6 is 15.9 Å². The van der Waals surface area contributed by atoms with E-state index in [-0.39, 0.29) is 23.8 Å². The second kappa shape index (κ2) is 6.75. The van der Waals surface area contributed by atoms with Crippen molar-refractivity contribution in [3.63, 3.8) is 0 Å². The Morgan fingerprint density at radius 2 is 1.70 bits per heavy atom. The molecule has 0 aromatic carbocycles. The Labute approximate surface area is 181 Å². The van der Waals surface area contributed by atoms with E-state index in [0.29, 0.717) is 12.8 Å². The van der Waals surface area contributed by atoms with Crippen LogP contribution in [0.1, 0.15) is 46.5 Å². The van der Waals surface area contributed by atoms with Gasteiger partial charge in [-0.15, -0.1) is 0 Å². The molecule has 2 saturated heterocycles. The molecule has 3 fully saturated rings. The topological polar surface area (TPSA) is 129 Å². The monoisotopic (exact) mass is 488 g/mol. The molecule has 2 aliphatic heterocycles. The molecule has 2 N–H and O–H groups in total. The van der Waals surface area contributed by atoms with Crippen molar-refractivity contribution in [2.75, 3.05) is 0 Å². The lowest BCUT2D eigenvalue weighted by atomic mass is 9.52. The molecule has 0 aromatic heterocycles. The zero-order valence-electron chi connectivity index (χ0n) is 16.9. The van der Waals surface area contributed by atoms with Gasteiger partial charge in [0.2, 0.25) is 0 Å². The van der Waals surface area contributed by atoms with Crippen LogP contribution in [0.15, 0.2) is 12.2 Å². The van der Waals surface area contributed by atoms with Gasteiger partial charge in [0.05, 0.1) is 6.10 Å². The fourth-order valence-corrected chi connectivity index (χ4v) is 6.75. The van der Waals surface area contributed by atoms with Gasteiger partial charge in [-0.2, -0.15) is 0 Å². The lowest BCUT2D eigenvalue weighted by Crippen LogP contribution is -2.80. The molecule has 9 nitrogen and oxygen atoms in total. The van der Waals surface area contributed by atoms with E-state index >= 15 is 0 Å². The number of ether oxygens (including phenoxy) is 4. The van der Waals surface area contributed by atoms with Crippen LogP contribution in [-0.4, -0.2) is 73.7 Å². The normalized spacial score (nSPS) is 48.5. The summed E-state index contributed by atoms with van der Waals surface area (Å²) in [4.78, 5) is 35.9. The molecule has 1 spiro atoms. The van der Waals surface area contributed by atoms with Crippen molar-refractivity contribution in [2.24, 2.45) is 0 Å². The van der Waals surface area contributed by atoms with Crippen LogP contribution in [0.5, 0.6) is 0 Å². The summed E-state index contributed by atoms with van der Waals surface area (Å²) < 4.78 is 23.0. The first-order valence-electron chi connectivity index (χ1n) is 9.86. The third kappa shape index (κ3) is 2.80. The largest absolute Gasteiger partial charge is 0.456 e. The predicted octanol–water partition coefficient (Wildman–Crippen LogP) is 0.672. The molecular weight excluding hydrogens is 464 g/mol. The van der Waals surface area contributed by atoms with Gasteiger partial charge in [-0.1, -0.05) is 22.0 Å². The average molecular weight is 489 g/mol. The van der Waals surface area contributed by atoms with Crippen LogP contribution < -0.4 is 0 Å². The van der Waals surface area contributed by atoms with Gasteiger partial charge in [0.1, 0.15) is 17.3 Å². The number of aliphatic hydroxyl groups is 2. The number of aliphatic hydroxyl groups excluding tert-OH is 1. The first-order chi connectivity index (χ1) is 13.9. The fraction of sp³-hybridized carbons (Fsp3) is 0.750. The number of esters is 3. The van der Waals surface area contributed by atoms with Crippen molar-refractivity contribution < 1.29 is 43.5 Å². The number of alkyl halides is 1. The van der Waals surface area contributed by atoms with E-state index in [0.717, 1.165) is 6.92 Å². The maximum Gasteiger partial charge on any atom is 0.303 e. The van der Waals surface area contributed by atoms with Crippen molar-refractivity contribution in [2.45, 2.75) is 92.0 Å². The van der Waals surface area contributed by atoms with Gasteiger partial charge < -0.3 is 29.2 Å². The van der Waals surface area contributed by atoms with E-state index < -0.39 is 52.5 Å². The highest BCUT2D eigenvalue weighted by molar-refractivity contribution is 9.09. The van der Waals surface area contributed by atoms with Crippen molar-refractivity contribution in [3.8, 4) is 0 Å². The Kier molecular flexibility index (Phi) is 4.89. The molecule has 0 amide bonds. The SMILES string of the molecule is CC(=O)O[C@H]1C=C[C@@H](O)[C@@]2(OC(C)=O)C[C@@]3(OC(C)=O)C[C@H]4O[C@@]3(C[C@@H]4Br)C[C@]12O. The van der Waals surface area contributed by atoms with Crippen molar-refractivity contribution in [1.82, 2.24) is 0 Å². The highest BCUT2D eigenvalue weighted by atomic mass is 79.9. The maximum atomic E-state index is 12.1. The summed E-state index contributed by atoms with van der Waals surface area (Å²) in [5.41, 5.74) is -6.22. The van der Waals surface area contributed by atoms with Crippen LogP contribution in [0.2, 0.25) is 0 Å². The number of fused-ring (bicyclic) bond motifs is 2. The van der Waals surface area contributed by atoms with Crippen molar-refractivity contribution in [3.05, 3.63) is 12.2 Å². The Hall–Kier alpha value is -1.49. The first-order valence-corrected chi connectivity index (χ1v) is 10.8. The van der Waals surface area contributed by atoms with Crippen LogP contribution in [0.25, 0.3) is 0 Å². The van der Waals surface area contributed by atoms with Crippen LogP contribution in [0.3, 0.4) is 0 Å². The number of hydrogen-bond acceptors (Lipinski definition) is 9. The number of carbonyl (C=O) groups excluding carboxylic acids is 3. The lowest BCUT2D eigenvalue weighted by Gasteiger charge is -2.62. The van der Waals surface area contributed by atoms with Crippen molar-refractivity contribution >= 4 is 33.8 Å². The maximum absolute atomic E-state index is 12.1. The minimum atomic E-state index is -2.01. The molecule has 166 valence electrons. The Morgan fingerprint density at radius 1 is 1.03 bits per heavy atom. The summed E-state index contributed by atoms with van der Waals surface area (Å²) in [7, 11) is 0. The van der Waals surface area contributed by atoms with Crippen molar-refractivity contribution in [1.29, 1.82) is 0 Å². The molecule has 0 unspecified atom stereocenters. The van der Waals surface area contributed by atoms with Gasteiger partial charge >= 0.3 is 17.9 Å². The number of carbonyl (C=O) groups is 3. The quantitative estimate of drug-likeness (QED) is 0.255. The highest BCUT2D eigenvalue weighted by Crippen LogP contribution is 2.66. The Morgan fingerprint density at radius 3 is 2.27 bits per heavy atom. The molecule has 1 saturated carbocycles. The average Bonchev–Trinajstić information content (AvgIpc) is 3.05. The summed E-state index contributed by atoms with van der Waals surface area (Å²) in [6, 6.07) is 0. The highest BCUT2D eigenvalue weighted by Gasteiger charge is 2.81. The molecular formula is C20H25BrO9. The number of halogens is 1. The first kappa shape index (κ1) is 21.7. The van der Waals surface area contributed by atoms with Gasteiger partial charge in [0.25, 0.3) is 0 Å². The molecule has 10 heteroatoms. The molecule has 2 aliphatic carbocycles. The molecule has 4 rings (SSSR count). The Bertz CT molecular complexity index is 825. The second-order valence-corrected chi connectivity index (χ2v) is 9.96. The van der Waals surface area contributed by atoms with E-state index in [1.165, 1.54) is 26.0 Å². The summed E-state index contributed by atoms with van der Waals surface area (Å²) in [5.74, 6) is -1.92. The van der Waals surface area contributed by atoms with E-state index in [1.807, 2.05) is 0 Å². The second-order valence-electron chi connectivity index (χ2n) is 8.78. The molecule has 8 atom stereocenters. The summed E-state index contributed by atoms with van der Waals surface area (Å²) >= 11 is 3.59. The standard InChI is InChI=1S/C20H25BrO9/c1-10(22)27-16-5-4-15(25)20(29-12(3)24)9-18(28-11(2)23)7-14-13(21)6-17(18,30-14)8-19(16,20)26/h4-5,13-16,25-26H,6-9H2,1-3H3/t13-,14+,15+,16-,17-,18-,19-,20-/m0/s1. The zero-order chi connectivity index (χ0) is 22.1. The van der Waals surface area contributed by atoms with Crippen LogP contribution in [0.4, 0.5) is 0 Å². The van der Waals surface area contributed by atoms with Gasteiger partial charge in [-0.3, -0.25) is 14.4 Å². The van der Waals surface area contributed by atoms with Gasteiger partial charge in [0.15, 0.2) is 17.3 Å². The van der Waals surface area contributed by atoms with E-state index in [2.05, 4.69) is 15.9 Å². The van der Waals surface area contributed by atoms with Gasteiger partial charge in [-0.05, 0) is 12.5 Å². The minimum Gasteiger partial charge on any atom is -0.456 e. The molecule has 0 aromatic rings. The third-order valence-electron chi connectivity index (χ3n) is 6.88. The smallest absolute Gasteiger partial charge is 0.303 e. The van der Waals surface area contributed by atoms with E-state index in [9.17, 15) is 24.6 Å². The number of rotatable bonds is 3. The summed E-state index contributed by atoms with van der Waals surface area (Å²) in [6.45, 7) is 3.64. The molecule has 4 aliphatic rings. The van der Waals surface area contributed by atoms with Gasteiger partial charge in [0, 0.05) is 44.9 Å². The molecule has 2 bridgehead atoms. The van der Waals surface area contributed by atoms with Gasteiger partial charge in [-0.25, -0.2) is 0 Å². The zero-order valence-corrected chi connectivity index (χ0v) is 18.5. The molecule has 2 heterocycles. The summed E-state index contributed by atoms with van der Waals surface area (Å²) in [6.07, 6.45) is 0.184. The minimum absolute atomic E-state index is 0.0257. The molecule has 30 heavy (non-hydrogen) atoms. The number of hydrogen-bond donors (Lipinski definition) is 2.